The number of H-pyrrole nitrogens is 1. The predicted molar refractivity (Wildman–Crippen MR) is 107 cm³/mol. The van der Waals surface area contributed by atoms with Crippen LogP contribution in [0.3, 0.4) is 0 Å². The number of piperidine rings is 1. The normalized spacial score (nSPS) is 19.7. The van der Waals surface area contributed by atoms with Gasteiger partial charge < -0.3 is 15.1 Å². The van der Waals surface area contributed by atoms with Gasteiger partial charge in [-0.25, -0.2) is 4.79 Å². The topological polar surface area (TPSA) is 81.3 Å². The van der Waals surface area contributed by atoms with Crippen molar-refractivity contribution in [3.63, 3.8) is 0 Å². The van der Waals surface area contributed by atoms with E-state index in [2.05, 4.69) is 15.5 Å². The van der Waals surface area contributed by atoms with Gasteiger partial charge in [0, 0.05) is 55.2 Å². The van der Waals surface area contributed by atoms with Crippen LogP contribution in [0.1, 0.15) is 53.2 Å². The number of hydrogen-bond acceptors (Lipinski definition) is 3. The van der Waals surface area contributed by atoms with E-state index in [1.165, 1.54) is 0 Å². The van der Waals surface area contributed by atoms with Gasteiger partial charge in [0.15, 0.2) is 0 Å². The van der Waals surface area contributed by atoms with Gasteiger partial charge in [0.05, 0.1) is 0 Å². The van der Waals surface area contributed by atoms with Crippen molar-refractivity contribution in [2.45, 2.75) is 38.5 Å². The monoisotopic (exact) mass is 381 g/mol. The van der Waals surface area contributed by atoms with Crippen molar-refractivity contribution in [2.24, 2.45) is 0 Å². The number of anilines is 1. The molecule has 28 heavy (non-hydrogen) atoms. The van der Waals surface area contributed by atoms with Crippen molar-refractivity contribution in [2.75, 3.05) is 31.5 Å². The van der Waals surface area contributed by atoms with Crippen LogP contribution < -0.4 is 5.32 Å². The third-order valence-corrected chi connectivity index (χ3v) is 5.78. The summed E-state index contributed by atoms with van der Waals surface area (Å²) in [5.74, 6) is 0.375. The van der Waals surface area contributed by atoms with Crippen LogP contribution in [0.4, 0.5) is 10.5 Å². The van der Waals surface area contributed by atoms with Gasteiger partial charge in [0.2, 0.25) is 0 Å². The summed E-state index contributed by atoms with van der Waals surface area (Å²) < 4.78 is 0. The molecule has 1 aromatic carbocycles. The number of likely N-dealkylation sites (tertiary alicyclic amines) is 2. The average molecular weight is 381 g/mol. The molecule has 0 unspecified atom stereocenters. The Hall–Kier alpha value is -2.83. The fourth-order valence-corrected chi connectivity index (χ4v) is 4.14. The van der Waals surface area contributed by atoms with Crippen LogP contribution in [-0.2, 0) is 0 Å². The van der Waals surface area contributed by atoms with Crippen molar-refractivity contribution < 1.29 is 9.59 Å². The number of carbonyl (C=O) groups is 2. The molecule has 0 aliphatic carbocycles. The molecule has 2 fully saturated rings. The minimum absolute atomic E-state index is 0.0805. The summed E-state index contributed by atoms with van der Waals surface area (Å²) in [7, 11) is 0. The second kappa shape index (κ2) is 8.04. The first-order chi connectivity index (χ1) is 13.6. The van der Waals surface area contributed by atoms with Crippen LogP contribution in [-0.4, -0.2) is 58.1 Å². The maximum atomic E-state index is 12.8. The van der Waals surface area contributed by atoms with Crippen molar-refractivity contribution >= 4 is 17.6 Å². The van der Waals surface area contributed by atoms with Gasteiger partial charge in [-0.1, -0.05) is 0 Å². The number of aromatic amines is 1. The van der Waals surface area contributed by atoms with E-state index in [4.69, 9.17) is 0 Å². The zero-order chi connectivity index (χ0) is 19.5. The largest absolute Gasteiger partial charge is 0.339 e. The first kappa shape index (κ1) is 18.5. The van der Waals surface area contributed by atoms with Crippen LogP contribution in [0.15, 0.2) is 30.5 Å². The number of aryl methyl sites for hydroxylation is 1. The zero-order valence-electron chi connectivity index (χ0n) is 16.3. The average Bonchev–Trinajstić information content (AvgIpc) is 3.43. The number of hydrogen-bond donors (Lipinski definition) is 2. The summed E-state index contributed by atoms with van der Waals surface area (Å²) in [5, 5.41) is 10.1. The molecule has 3 amide bonds. The Bertz CT molecular complexity index is 842. The van der Waals surface area contributed by atoms with E-state index >= 15 is 0 Å². The molecular weight excluding hydrogens is 354 g/mol. The number of urea groups is 1. The van der Waals surface area contributed by atoms with E-state index in [9.17, 15) is 9.59 Å². The van der Waals surface area contributed by atoms with Crippen LogP contribution in [0.2, 0.25) is 0 Å². The molecule has 4 rings (SSSR count). The third kappa shape index (κ3) is 3.88. The minimum Gasteiger partial charge on any atom is -0.339 e. The smallest absolute Gasteiger partial charge is 0.321 e. The standard InChI is InChI=1S/C21H27N5O2/c1-15-13-16(20(27)25-10-2-3-11-25)6-7-18(15)23-21(28)26-12-4-5-17(14-26)19-8-9-22-24-19/h6-9,13,17H,2-5,10-12,14H2,1H3,(H,22,24)(H,23,28)/t17-/m1/s1. The maximum Gasteiger partial charge on any atom is 0.321 e. The van der Waals surface area contributed by atoms with Gasteiger partial charge in [-0.3, -0.25) is 9.89 Å². The summed E-state index contributed by atoms with van der Waals surface area (Å²) in [6.07, 6.45) is 5.93. The Balaban J connectivity index is 1.40. The van der Waals surface area contributed by atoms with Crippen molar-refractivity contribution in [1.82, 2.24) is 20.0 Å². The quantitative estimate of drug-likeness (QED) is 0.855. The number of nitrogens with one attached hydrogen (secondary N) is 2. The Morgan fingerprint density at radius 1 is 1.11 bits per heavy atom. The molecule has 7 heteroatoms. The SMILES string of the molecule is Cc1cc(C(=O)N2CCCC2)ccc1NC(=O)N1CCC[C@@H](c2ccn[nH]2)C1. The highest BCUT2D eigenvalue weighted by Crippen LogP contribution is 2.26. The lowest BCUT2D eigenvalue weighted by Gasteiger charge is -2.32. The Kier molecular flexibility index (Phi) is 5.32. The molecule has 0 bridgehead atoms. The summed E-state index contributed by atoms with van der Waals surface area (Å²) >= 11 is 0. The Labute approximate surface area is 165 Å². The molecule has 0 saturated carbocycles. The van der Waals surface area contributed by atoms with Crippen molar-refractivity contribution in [1.29, 1.82) is 0 Å². The summed E-state index contributed by atoms with van der Waals surface area (Å²) in [6, 6.07) is 7.41. The molecule has 2 aliphatic heterocycles. The van der Waals surface area contributed by atoms with Crippen LogP contribution in [0.25, 0.3) is 0 Å². The zero-order valence-corrected chi connectivity index (χ0v) is 16.3. The Morgan fingerprint density at radius 2 is 1.89 bits per heavy atom. The van der Waals surface area contributed by atoms with Gasteiger partial charge in [-0.2, -0.15) is 5.10 Å². The molecule has 2 aliphatic rings. The Morgan fingerprint density at radius 3 is 2.61 bits per heavy atom. The minimum atomic E-state index is -0.0917. The first-order valence-electron chi connectivity index (χ1n) is 10.1. The van der Waals surface area contributed by atoms with E-state index < -0.39 is 0 Å². The molecule has 148 valence electrons. The van der Waals surface area contributed by atoms with E-state index in [1.807, 2.05) is 41.0 Å². The molecule has 1 aromatic heterocycles. The molecule has 2 aromatic rings. The highest BCUT2D eigenvalue weighted by Gasteiger charge is 2.26. The highest BCUT2D eigenvalue weighted by atomic mass is 16.2. The lowest BCUT2D eigenvalue weighted by molar-refractivity contribution is 0.0792. The van der Waals surface area contributed by atoms with E-state index in [-0.39, 0.29) is 11.9 Å². The van der Waals surface area contributed by atoms with Crippen LogP contribution >= 0.6 is 0 Å². The molecule has 1 atom stereocenters. The number of amides is 3. The second-order valence-electron chi connectivity index (χ2n) is 7.76. The fraction of sp³-hybridized carbons (Fsp3) is 0.476. The lowest BCUT2D eigenvalue weighted by Crippen LogP contribution is -2.41. The summed E-state index contributed by atoms with van der Waals surface area (Å²) in [4.78, 5) is 29.1. The molecule has 2 N–H and O–H groups in total. The molecule has 2 saturated heterocycles. The maximum absolute atomic E-state index is 12.8. The van der Waals surface area contributed by atoms with Crippen molar-refractivity contribution in [3.05, 3.63) is 47.3 Å². The van der Waals surface area contributed by atoms with E-state index in [1.54, 1.807) is 6.20 Å². The van der Waals surface area contributed by atoms with Crippen LogP contribution in [0, 0.1) is 6.92 Å². The van der Waals surface area contributed by atoms with Gasteiger partial charge in [-0.15, -0.1) is 0 Å². The molecule has 7 nitrogen and oxygen atoms in total. The first-order valence-corrected chi connectivity index (χ1v) is 10.1. The fourth-order valence-electron chi connectivity index (χ4n) is 4.14. The second-order valence-corrected chi connectivity index (χ2v) is 7.76. The molecule has 0 spiro atoms. The number of nitrogens with zero attached hydrogens (tertiary/aromatic N) is 3. The van der Waals surface area contributed by atoms with Gasteiger partial charge in [-0.05, 0) is 62.4 Å². The summed E-state index contributed by atoms with van der Waals surface area (Å²) in [6.45, 7) is 5.03. The van der Waals surface area contributed by atoms with Crippen LogP contribution in [0.5, 0.6) is 0 Å². The molecular formula is C21H27N5O2. The van der Waals surface area contributed by atoms with E-state index in [0.717, 1.165) is 62.3 Å². The third-order valence-electron chi connectivity index (χ3n) is 5.78. The number of aromatic nitrogens is 2. The molecule has 3 heterocycles. The molecule has 0 radical (unpaired) electrons. The van der Waals surface area contributed by atoms with Crippen molar-refractivity contribution in [3.8, 4) is 0 Å². The van der Waals surface area contributed by atoms with Gasteiger partial charge in [0.1, 0.15) is 0 Å². The highest BCUT2D eigenvalue weighted by molar-refractivity contribution is 5.96. The number of carbonyl (C=O) groups excluding carboxylic acids is 2. The number of benzene rings is 1. The van der Waals surface area contributed by atoms with Gasteiger partial charge >= 0.3 is 6.03 Å². The number of rotatable bonds is 3. The van der Waals surface area contributed by atoms with E-state index in [0.29, 0.717) is 18.0 Å². The summed E-state index contributed by atoms with van der Waals surface area (Å²) in [5.41, 5.74) is 3.43. The predicted octanol–water partition coefficient (Wildman–Crippen LogP) is 3.37. The lowest BCUT2D eigenvalue weighted by atomic mass is 9.95. The van der Waals surface area contributed by atoms with Gasteiger partial charge in [0.25, 0.3) is 5.91 Å².